The zero-order valence-corrected chi connectivity index (χ0v) is 19.2. The first-order valence-electron chi connectivity index (χ1n) is 11.9. The van der Waals surface area contributed by atoms with Crippen LogP contribution >= 0.6 is 0 Å². The molecule has 0 saturated heterocycles. The molecule has 176 valence electrons. The highest BCUT2D eigenvalue weighted by atomic mass is 16.5. The van der Waals surface area contributed by atoms with Crippen molar-refractivity contribution in [2.45, 2.75) is 38.5 Å². The minimum atomic E-state index is -0.550. The Hall–Kier alpha value is -3.66. The Labute approximate surface area is 199 Å². The maximum atomic E-state index is 13.4. The van der Waals surface area contributed by atoms with Gasteiger partial charge in [-0.25, -0.2) is 0 Å². The second-order valence-electron chi connectivity index (χ2n) is 8.76. The molecule has 1 aliphatic heterocycles. The zero-order valence-electron chi connectivity index (χ0n) is 19.2. The quantitative estimate of drug-likeness (QED) is 0.586. The molecular weight excluding hydrogens is 430 g/mol. The van der Waals surface area contributed by atoms with Gasteiger partial charge in [0, 0.05) is 24.5 Å². The molecule has 34 heavy (non-hydrogen) atoms. The van der Waals surface area contributed by atoms with Crippen molar-refractivity contribution in [2.24, 2.45) is 11.8 Å². The second-order valence-corrected chi connectivity index (χ2v) is 8.76. The number of esters is 1. The van der Waals surface area contributed by atoms with Crippen LogP contribution in [-0.2, 0) is 25.5 Å². The maximum absolute atomic E-state index is 13.4. The Morgan fingerprint density at radius 2 is 1.71 bits per heavy atom. The van der Waals surface area contributed by atoms with E-state index in [0.29, 0.717) is 25.1 Å². The van der Waals surface area contributed by atoms with Gasteiger partial charge >= 0.3 is 5.97 Å². The van der Waals surface area contributed by atoms with E-state index in [1.807, 2.05) is 48.5 Å². The van der Waals surface area contributed by atoms with E-state index >= 15 is 0 Å². The molecule has 7 nitrogen and oxygen atoms in total. The van der Waals surface area contributed by atoms with E-state index in [9.17, 15) is 14.4 Å². The van der Waals surface area contributed by atoms with Gasteiger partial charge < -0.3 is 14.5 Å². The number of nitrogens with zero attached hydrogens (tertiary/aromatic N) is 3. The van der Waals surface area contributed by atoms with Crippen molar-refractivity contribution in [2.75, 3.05) is 29.5 Å². The van der Waals surface area contributed by atoms with Crippen molar-refractivity contribution in [3.05, 3.63) is 60.2 Å². The van der Waals surface area contributed by atoms with E-state index < -0.39 is 24.4 Å². The largest absolute Gasteiger partial charge is 0.455 e. The van der Waals surface area contributed by atoms with Gasteiger partial charge in [0.2, 0.25) is 5.91 Å². The predicted molar refractivity (Wildman–Crippen MR) is 128 cm³/mol. The molecule has 2 aliphatic rings. The van der Waals surface area contributed by atoms with Gasteiger partial charge in [-0.1, -0.05) is 49.2 Å². The number of anilines is 2. The number of rotatable bonds is 7. The highest BCUT2D eigenvalue weighted by Gasteiger charge is 2.40. The summed E-state index contributed by atoms with van der Waals surface area (Å²) in [6.45, 7) is 0.429. The van der Waals surface area contributed by atoms with Crippen molar-refractivity contribution in [1.29, 1.82) is 5.26 Å². The fourth-order valence-corrected chi connectivity index (χ4v) is 4.96. The summed E-state index contributed by atoms with van der Waals surface area (Å²) in [5.74, 6) is -1.90. The van der Waals surface area contributed by atoms with Gasteiger partial charge in [-0.15, -0.1) is 0 Å². The fraction of sp³-hybridized carbons (Fsp3) is 0.407. The first-order valence-corrected chi connectivity index (χ1v) is 11.9. The van der Waals surface area contributed by atoms with Crippen molar-refractivity contribution in [3.63, 3.8) is 0 Å². The van der Waals surface area contributed by atoms with Crippen LogP contribution in [0.2, 0.25) is 0 Å². The normalized spacial score (nSPS) is 19.1. The molecule has 2 aromatic carbocycles. The third-order valence-electron chi connectivity index (χ3n) is 6.69. The third kappa shape index (κ3) is 5.12. The summed E-state index contributed by atoms with van der Waals surface area (Å²) in [6, 6.07) is 18.9. The molecule has 0 N–H and O–H groups in total. The molecule has 0 radical (unpaired) electrons. The minimum Gasteiger partial charge on any atom is -0.455 e. The van der Waals surface area contributed by atoms with E-state index in [4.69, 9.17) is 10.00 Å². The smallest absolute Gasteiger partial charge is 0.310 e. The lowest BCUT2D eigenvalue weighted by atomic mass is 9.78. The van der Waals surface area contributed by atoms with Crippen LogP contribution in [0.25, 0.3) is 0 Å². The number of hydrogen-bond acceptors (Lipinski definition) is 5. The fourth-order valence-electron chi connectivity index (χ4n) is 4.96. The summed E-state index contributed by atoms with van der Waals surface area (Å²) in [6.07, 6.45) is 3.96. The lowest BCUT2D eigenvalue weighted by Crippen LogP contribution is -2.43. The summed E-state index contributed by atoms with van der Waals surface area (Å²) < 4.78 is 5.45. The number of para-hydroxylation sites is 2. The van der Waals surface area contributed by atoms with Crippen molar-refractivity contribution >= 4 is 29.2 Å². The molecule has 2 amide bonds. The third-order valence-corrected chi connectivity index (χ3v) is 6.69. The first kappa shape index (κ1) is 23.5. The van der Waals surface area contributed by atoms with Gasteiger partial charge in [0.05, 0.1) is 24.3 Å². The van der Waals surface area contributed by atoms with Crippen molar-refractivity contribution in [3.8, 4) is 6.07 Å². The number of nitriles is 1. The van der Waals surface area contributed by atoms with E-state index in [2.05, 4.69) is 0 Å². The maximum Gasteiger partial charge on any atom is 0.310 e. The Morgan fingerprint density at radius 1 is 1.00 bits per heavy atom. The molecule has 0 bridgehead atoms. The summed E-state index contributed by atoms with van der Waals surface area (Å²) in [5, 5.41) is 8.96. The zero-order chi connectivity index (χ0) is 23.9. The molecule has 1 heterocycles. The highest BCUT2D eigenvalue weighted by molar-refractivity contribution is 5.99. The van der Waals surface area contributed by atoms with Crippen LogP contribution in [0.5, 0.6) is 0 Å². The summed E-state index contributed by atoms with van der Waals surface area (Å²) >= 11 is 0. The van der Waals surface area contributed by atoms with Gasteiger partial charge in [-0.05, 0) is 43.0 Å². The van der Waals surface area contributed by atoms with Gasteiger partial charge in [0.1, 0.15) is 0 Å². The predicted octanol–water partition coefficient (Wildman–Crippen LogP) is 3.87. The Balaban J connectivity index is 1.41. The standard InChI is InChI=1S/C27H29N3O4/c28-16-8-17-29(21-10-2-1-3-11-21)25(31)19-34-27(33)23-13-6-5-12-22(23)26(32)30-18-15-20-9-4-7-14-24(20)30/h1-4,7,9-11,14,22-23H,5-6,8,12-13,15,17-19H2/t22-,23-/m0/s1. The van der Waals surface area contributed by atoms with Crippen LogP contribution in [0.1, 0.15) is 37.7 Å². The van der Waals surface area contributed by atoms with Gasteiger partial charge in [-0.2, -0.15) is 5.26 Å². The number of carbonyl (C=O) groups excluding carboxylic acids is 3. The van der Waals surface area contributed by atoms with Crippen molar-refractivity contribution < 1.29 is 19.1 Å². The Kier molecular flexibility index (Phi) is 7.58. The molecule has 1 aliphatic carbocycles. The average molecular weight is 460 g/mol. The molecule has 2 atom stereocenters. The second kappa shape index (κ2) is 11.0. The van der Waals surface area contributed by atoms with Crippen LogP contribution in [0, 0.1) is 23.2 Å². The number of fused-ring (bicyclic) bond motifs is 1. The SMILES string of the molecule is N#CCCN(C(=O)COC(=O)[C@H]1CCCC[C@@H]1C(=O)N1CCc2ccccc21)c1ccccc1. The molecule has 2 aromatic rings. The van der Waals surface area contributed by atoms with Crippen LogP contribution in [0.4, 0.5) is 11.4 Å². The van der Waals surface area contributed by atoms with Gasteiger partial charge in [0.25, 0.3) is 5.91 Å². The number of hydrogen-bond donors (Lipinski definition) is 0. The number of benzene rings is 2. The molecule has 0 aromatic heterocycles. The summed E-state index contributed by atoms with van der Waals surface area (Å²) in [5.41, 5.74) is 2.73. The van der Waals surface area contributed by atoms with Crippen LogP contribution in [0.3, 0.4) is 0 Å². The van der Waals surface area contributed by atoms with Crippen LogP contribution in [-0.4, -0.2) is 37.5 Å². The van der Waals surface area contributed by atoms with Gasteiger partial charge in [0.15, 0.2) is 6.61 Å². The molecule has 0 spiro atoms. The summed E-state index contributed by atoms with van der Waals surface area (Å²) in [7, 11) is 0. The lowest BCUT2D eigenvalue weighted by molar-refractivity contribution is -0.156. The Bertz CT molecular complexity index is 1080. The number of ether oxygens (including phenoxy) is 1. The molecule has 1 fully saturated rings. The summed E-state index contributed by atoms with van der Waals surface area (Å²) in [4.78, 5) is 42.6. The molecular formula is C27H29N3O4. The Morgan fingerprint density at radius 3 is 2.47 bits per heavy atom. The molecule has 7 heteroatoms. The monoisotopic (exact) mass is 459 g/mol. The van der Waals surface area contributed by atoms with E-state index in [-0.39, 0.29) is 24.8 Å². The minimum absolute atomic E-state index is 0.0298. The topological polar surface area (TPSA) is 90.7 Å². The molecule has 4 rings (SSSR count). The average Bonchev–Trinajstić information content (AvgIpc) is 3.32. The van der Waals surface area contributed by atoms with Gasteiger partial charge in [-0.3, -0.25) is 14.4 Å². The van der Waals surface area contributed by atoms with E-state index in [0.717, 1.165) is 30.5 Å². The van der Waals surface area contributed by atoms with Crippen LogP contribution in [0.15, 0.2) is 54.6 Å². The number of carbonyl (C=O) groups is 3. The van der Waals surface area contributed by atoms with E-state index in [1.54, 1.807) is 17.0 Å². The number of amides is 2. The van der Waals surface area contributed by atoms with Crippen LogP contribution < -0.4 is 9.80 Å². The molecule has 1 saturated carbocycles. The molecule has 0 unspecified atom stereocenters. The first-order chi connectivity index (χ1) is 16.6. The van der Waals surface area contributed by atoms with Crippen molar-refractivity contribution in [1.82, 2.24) is 0 Å². The lowest BCUT2D eigenvalue weighted by Gasteiger charge is -2.32. The highest BCUT2D eigenvalue weighted by Crippen LogP contribution is 2.36. The van der Waals surface area contributed by atoms with E-state index in [1.165, 1.54) is 4.90 Å².